The molecule has 2 rings (SSSR count). The fraction of sp³-hybridized carbons (Fsp3) is 0.429. The third-order valence-electron chi connectivity index (χ3n) is 3.30. The molecule has 1 aliphatic carbocycles. The molecule has 1 amide bonds. The van der Waals surface area contributed by atoms with Crippen molar-refractivity contribution in [3.63, 3.8) is 0 Å². The number of isocyanates is 1. The summed E-state index contributed by atoms with van der Waals surface area (Å²) in [6.07, 6.45) is 5.65. The summed E-state index contributed by atoms with van der Waals surface area (Å²) >= 11 is 0. The standard InChI is InChI=1S/C14H16N2O2/c1-10-6-7-12(13(8-10)15-9-17)16-14(18)11-4-2-3-5-11/h6-8,11H,2-5H2,1H3,(H,16,18). The van der Waals surface area contributed by atoms with Crippen molar-refractivity contribution < 1.29 is 9.59 Å². The molecule has 0 aliphatic heterocycles. The van der Waals surface area contributed by atoms with E-state index in [9.17, 15) is 9.59 Å². The van der Waals surface area contributed by atoms with Crippen LogP contribution in [0.4, 0.5) is 11.4 Å². The predicted molar refractivity (Wildman–Crippen MR) is 69.5 cm³/mol. The first-order chi connectivity index (χ1) is 8.70. The highest BCUT2D eigenvalue weighted by molar-refractivity contribution is 5.95. The molecule has 1 N–H and O–H groups in total. The molecule has 1 fully saturated rings. The van der Waals surface area contributed by atoms with Gasteiger partial charge in [0.1, 0.15) is 5.69 Å². The lowest BCUT2D eigenvalue weighted by Gasteiger charge is -2.12. The maximum Gasteiger partial charge on any atom is 0.240 e. The van der Waals surface area contributed by atoms with Gasteiger partial charge in [-0.3, -0.25) is 4.79 Å². The third-order valence-corrected chi connectivity index (χ3v) is 3.30. The van der Waals surface area contributed by atoms with E-state index in [0.717, 1.165) is 31.2 Å². The Bertz CT molecular complexity index is 499. The average Bonchev–Trinajstić information content (AvgIpc) is 2.86. The smallest absolute Gasteiger partial charge is 0.240 e. The van der Waals surface area contributed by atoms with Gasteiger partial charge in [-0.2, -0.15) is 4.99 Å². The molecule has 0 atom stereocenters. The highest BCUT2D eigenvalue weighted by Gasteiger charge is 2.23. The number of nitrogens with one attached hydrogen (secondary N) is 1. The van der Waals surface area contributed by atoms with Crippen LogP contribution in [-0.4, -0.2) is 12.0 Å². The van der Waals surface area contributed by atoms with Crippen molar-refractivity contribution in [3.8, 4) is 0 Å². The van der Waals surface area contributed by atoms with Crippen LogP contribution in [0.2, 0.25) is 0 Å². The summed E-state index contributed by atoms with van der Waals surface area (Å²) in [5.41, 5.74) is 2.04. The zero-order valence-corrected chi connectivity index (χ0v) is 10.4. The molecular formula is C14H16N2O2. The fourth-order valence-electron chi connectivity index (χ4n) is 2.31. The Kier molecular flexibility index (Phi) is 3.90. The van der Waals surface area contributed by atoms with E-state index in [1.807, 2.05) is 13.0 Å². The second kappa shape index (κ2) is 5.61. The van der Waals surface area contributed by atoms with Crippen LogP contribution in [0.25, 0.3) is 0 Å². The van der Waals surface area contributed by atoms with E-state index in [1.54, 1.807) is 12.1 Å². The van der Waals surface area contributed by atoms with Crippen molar-refractivity contribution >= 4 is 23.4 Å². The lowest BCUT2D eigenvalue weighted by molar-refractivity contribution is -0.119. The van der Waals surface area contributed by atoms with Gasteiger partial charge in [-0.15, -0.1) is 0 Å². The molecule has 1 aromatic carbocycles. The average molecular weight is 244 g/mol. The molecule has 18 heavy (non-hydrogen) atoms. The van der Waals surface area contributed by atoms with Crippen molar-refractivity contribution in [3.05, 3.63) is 23.8 Å². The molecule has 0 bridgehead atoms. The third kappa shape index (κ3) is 2.84. The van der Waals surface area contributed by atoms with Gasteiger partial charge in [0, 0.05) is 5.92 Å². The lowest BCUT2D eigenvalue weighted by atomic mass is 10.1. The Morgan fingerprint density at radius 2 is 2.11 bits per heavy atom. The molecule has 0 unspecified atom stereocenters. The number of amides is 1. The van der Waals surface area contributed by atoms with Crippen molar-refractivity contribution in [2.45, 2.75) is 32.6 Å². The number of rotatable bonds is 3. The van der Waals surface area contributed by atoms with Crippen LogP contribution in [0, 0.1) is 12.8 Å². The molecular weight excluding hydrogens is 228 g/mol. The van der Waals surface area contributed by atoms with E-state index in [2.05, 4.69) is 10.3 Å². The Labute approximate surface area is 106 Å². The topological polar surface area (TPSA) is 58.5 Å². The van der Waals surface area contributed by atoms with E-state index in [1.165, 1.54) is 6.08 Å². The monoisotopic (exact) mass is 244 g/mol. The van der Waals surface area contributed by atoms with Crippen LogP contribution >= 0.6 is 0 Å². The largest absolute Gasteiger partial charge is 0.324 e. The Morgan fingerprint density at radius 1 is 1.39 bits per heavy atom. The Morgan fingerprint density at radius 3 is 2.78 bits per heavy atom. The zero-order chi connectivity index (χ0) is 13.0. The molecule has 0 saturated heterocycles. The molecule has 94 valence electrons. The van der Waals surface area contributed by atoms with E-state index in [4.69, 9.17) is 0 Å². The lowest BCUT2D eigenvalue weighted by Crippen LogP contribution is -2.20. The van der Waals surface area contributed by atoms with E-state index >= 15 is 0 Å². The maximum atomic E-state index is 12.0. The summed E-state index contributed by atoms with van der Waals surface area (Å²) in [5, 5.41) is 2.85. The summed E-state index contributed by atoms with van der Waals surface area (Å²) < 4.78 is 0. The fourth-order valence-corrected chi connectivity index (χ4v) is 2.31. The number of carbonyl (C=O) groups is 1. The first-order valence-electron chi connectivity index (χ1n) is 6.20. The normalized spacial score (nSPS) is 15.2. The number of anilines is 1. The van der Waals surface area contributed by atoms with E-state index in [0.29, 0.717) is 11.4 Å². The molecule has 0 radical (unpaired) electrons. The minimum Gasteiger partial charge on any atom is -0.324 e. The molecule has 1 aliphatic rings. The van der Waals surface area contributed by atoms with Gasteiger partial charge in [0.25, 0.3) is 0 Å². The summed E-state index contributed by atoms with van der Waals surface area (Å²) in [7, 11) is 0. The van der Waals surface area contributed by atoms with E-state index in [-0.39, 0.29) is 11.8 Å². The molecule has 1 saturated carbocycles. The number of benzene rings is 1. The number of carbonyl (C=O) groups excluding carboxylic acids is 2. The zero-order valence-electron chi connectivity index (χ0n) is 10.4. The Balaban J connectivity index is 2.17. The first-order valence-corrected chi connectivity index (χ1v) is 6.20. The molecule has 1 aromatic rings. The summed E-state index contributed by atoms with van der Waals surface area (Å²) in [6, 6.07) is 5.42. The van der Waals surface area contributed by atoms with Gasteiger partial charge in [0.2, 0.25) is 12.0 Å². The second-order valence-corrected chi connectivity index (χ2v) is 4.69. The predicted octanol–water partition coefficient (Wildman–Crippen LogP) is 3.09. The first kappa shape index (κ1) is 12.5. The van der Waals surface area contributed by atoms with Gasteiger partial charge < -0.3 is 5.32 Å². The molecule has 4 nitrogen and oxygen atoms in total. The van der Waals surface area contributed by atoms with Crippen LogP contribution in [0.1, 0.15) is 31.2 Å². The number of nitrogens with zero attached hydrogens (tertiary/aromatic N) is 1. The van der Waals surface area contributed by atoms with Gasteiger partial charge in [-0.25, -0.2) is 4.79 Å². The number of hydrogen-bond acceptors (Lipinski definition) is 3. The minimum atomic E-state index is 0.0266. The van der Waals surface area contributed by atoms with Gasteiger partial charge in [-0.1, -0.05) is 18.9 Å². The minimum absolute atomic E-state index is 0.0266. The van der Waals surface area contributed by atoms with Gasteiger partial charge in [-0.05, 0) is 37.5 Å². The number of hydrogen-bond donors (Lipinski definition) is 1. The quantitative estimate of drug-likeness (QED) is 0.656. The van der Waals surface area contributed by atoms with Crippen molar-refractivity contribution in [2.24, 2.45) is 10.9 Å². The maximum absolute atomic E-state index is 12.0. The van der Waals surface area contributed by atoms with Crippen LogP contribution < -0.4 is 5.32 Å². The highest BCUT2D eigenvalue weighted by atomic mass is 16.2. The van der Waals surface area contributed by atoms with Gasteiger partial charge in [0.05, 0.1) is 5.69 Å². The molecule has 0 heterocycles. The molecule has 4 heteroatoms. The van der Waals surface area contributed by atoms with Crippen molar-refractivity contribution in [2.75, 3.05) is 5.32 Å². The molecule has 0 aromatic heterocycles. The summed E-state index contributed by atoms with van der Waals surface area (Å²) in [4.78, 5) is 26.0. The highest BCUT2D eigenvalue weighted by Crippen LogP contribution is 2.29. The summed E-state index contributed by atoms with van der Waals surface area (Å²) in [6.45, 7) is 1.91. The van der Waals surface area contributed by atoms with Crippen molar-refractivity contribution in [1.29, 1.82) is 0 Å². The van der Waals surface area contributed by atoms with Crippen LogP contribution in [0.3, 0.4) is 0 Å². The van der Waals surface area contributed by atoms with Crippen LogP contribution in [0.5, 0.6) is 0 Å². The molecule has 0 spiro atoms. The SMILES string of the molecule is Cc1ccc(NC(=O)C2CCCC2)c(N=C=O)c1. The number of aliphatic imine (C=N–C) groups is 1. The van der Waals surface area contributed by atoms with Crippen LogP contribution in [0.15, 0.2) is 23.2 Å². The van der Waals surface area contributed by atoms with Crippen molar-refractivity contribution in [1.82, 2.24) is 0 Å². The van der Waals surface area contributed by atoms with Crippen LogP contribution in [-0.2, 0) is 9.59 Å². The Hall–Kier alpha value is -1.93. The van der Waals surface area contributed by atoms with E-state index < -0.39 is 0 Å². The number of aryl methyl sites for hydroxylation is 1. The summed E-state index contributed by atoms with van der Waals surface area (Å²) in [5.74, 6) is 0.123. The van der Waals surface area contributed by atoms with Gasteiger partial charge >= 0.3 is 0 Å². The second-order valence-electron chi connectivity index (χ2n) is 4.69. The van der Waals surface area contributed by atoms with Gasteiger partial charge in [0.15, 0.2) is 0 Å².